The van der Waals surface area contributed by atoms with Gasteiger partial charge in [-0.25, -0.2) is 0 Å². The molecule has 0 unspecified atom stereocenters. The van der Waals surface area contributed by atoms with E-state index >= 15 is 0 Å². The molecule has 2 rings (SSSR count). The monoisotopic (exact) mass is 332 g/mol. The van der Waals surface area contributed by atoms with Crippen molar-refractivity contribution in [3.8, 4) is 11.5 Å². The molecule has 0 radical (unpaired) electrons. The third-order valence-electron chi connectivity index (χ3n) is 4.26. The summed E-state index contributed by atoms with van der Waals surface area (Å²) in [7, 11) is 4.79. The van der Waals surface area contributed by atoms with Crippen molar-refractivity contribution in [1.82, 2.24) is 9.47 Å². The van der Waals surface area contributed by atoms with E-state index in [4.69, 9.17) is 9.47 Å². The lowest BCUT2D eigenvalue weighted by molar-refractivity contribution is 0.0756. The molecular weight excluding hydrogens is 308 g/mol. The van der Waals surface area contributed by atoms with Crippen molar-refractivity contribution < 1.29 is 14.3 Å². The predicted octanol–water partition coefficient (Wildman–Crippen LogP) is 2.52. The molecule has 0 aliphatic heterocycles. The van der Waals surface area contributed by atoms with Gasteiger partial charge in [0.15, 0.2) is 11.5 Å². The number of carbonyl (C=O) groups is 1. The molecule has 0 atom stereocenters. The first-order chi connectivity index (χ1) is 11.3. The van der Waals surface area contributed by atoms with Crippen LogP contribution in [-0.2, 0) is 6.54 Å². The first-order valence-corrected chi connectivity index (χ1v) is 7.92. The number of rotatable bonds is 5. The molecule has 0 bridgehead atoms. The van der Waals surface area contributed by atoms with Gasteiger partial charge in [-0.05, 0) is 32.9 Å². The normalized spacial score (nSPS) is 11.0. The number of pyridine rings is 1. The molecule has 1 heterocycles. The standard InChI is InChI=1S/C18H24N2O4/c1-7-20-10-14(17(21)19(4)11(2)3)12-8-15(23-5)16(24-6)9-13(12)18(20)22/h8-11H,7H2,1-6H3. The summed E-state index contributed by atoms with van der Waals surface area (Å²) in [5.41, 5.74) is 0.320. The van der Waals surface area contributed by atoms with E-state index in [1.807, 2.05) is 20.8 Å². The zero-order valence-electron chi connectivity index (χ0n) is 15.0. The predicted molar refractivity (Wildman–Crippen MR) is 94.2 cm³/mol. The molecule has 24 heavy (non-hydrogen) atoms. The van der Waals surface area contributed by atoms with Gasteiger partial charge in [0.05, 0.1) is 25.2 Å². The Balaban J connectivity index is 2.85. The Morgan fingerprint density at radius 1 is 1.17 bits per heavy atom. The summed E-state index contributed by atoms with van der Waals surface area (Å²) in [6, 6.07) is 3.38. The molecule has 1 aromatic heterocycles. The van der Waals surface area contributed by atoms with E-state index in [1.54, 1.807) is 30.3 Å². The second-order valence-electron chi connectivity index (χ2n) is 5.90. The molecule has 0 aliphatic carbocycles. The highest BCUT2D eigenvalue weighted by molar-refractivity contribution is 6.07. The van der Waals surface area contributed by atoms with Crippen LogP contribution >= 0.6 is 0 Å². The summed E-state index contributed by atoms with van der Waals surface area (Å²) >= 11 is 0. The third-order valence-corrected chi connectivity index (χ3v) is 4.26. The van der Waals surface area contributed by atoms with Gasteiger partial charge in [0.1, 0.15) is 0 Å². The summed E-state index contributed by atoms with van der Waals surface area (Å²) in [6.07, 6.45) is 1.62. The molecule has 1 amide bonds. The highest BCUT2D eigenvalue weighted by Crippen LogP contribution is 2.32. The Morgan fingerprint density at radius 3 is 2.17 bits per heavy atom. The molecule has 6 nitrogen and oxygen atoms in total. The number of ether oxygens (including phenoxy) is 2. The maximum absolute atomic E-state index is 12.9. The molecule has 0 spiro atoms. The number of benzene rings is 1. The molecule has 0 saturated heterocycles. The van der Waals surface area contributed by atoms with Gasteiger partial charge in [0.2, 0.25) is 0 Å². The van der Waals surface area contributed by atoms with Gasteiger partial charge in [0, 0.05) is 31.2 Å². The van der Waals surface area contributed by atoms with Gasteiger partial charge in [-0.3, -0.25) is 9.59 Å². The fourth-order valence-electron chi connectivity index (χ4n) is 2.55. The van der Waals surface area contributed by atoms with E-state index in [9.17, 15) is 9.59 Å². The van der Waals surface area contributed by atoms with Crippen molar-refractivity contribution in [3.05, 3.63) is 34.2 Å². The quantitative estimate of drug-likeness (QED) is 0.844. The van der Waals surface area contributed by atoms with E-state index in [2.05, 4.69) is 0 Å². The van der Waals surface area contributed by atoms with Crippen LogP contribution in [0, 0.1) is 0 Å². The number of aryl methyl sites for hydroxylation is 1. The molecule has 130 valence electrons. The van der Waals surface area contributed by atoms with Crippen LogP contribution in [0.5, 0.6) is 11.5 Å². The zero-order chi connectivity index (χ0) is 18.0. The molecule has 0 saturated carbocycles. The average molecular weight is 332 g/mol. The fourth-order valence-corrected chi connectivity index (χ4v) is 2.55. The number of nitrogens with zero attached hydrogens (tertiary/aromatic N) is 2. The van der Waals surface area contributed by atoms with Crippen LogP contribution in [0.3, 0.4) is 0 Å². The van der Waals surface area contributed by atoms with Crippen LogP contribution in [0.1, 0.15) is 31.1 Å². The topological polar surface area (TPSA) is 60.8 Å². The average Bonchev–Trinajstić information content (AvgIpc) is 2.59. The number of hydrogen-bond acceptors (Lipinski definition) is 4. The van der Waals surface area contributed by atoms with Crippen LogP contribution in [0.15, 0.2) is 23.1 Å². The van der Waals surface area contributed by atoms with Crippen molar-refractivity contribution in [1.29, 1.82) is 0 Å². The van der Waals surface area contributed by atoms with Gasteiger partial charge >= 0.3 is 0 Å². The first-order valence-electron chi connectivity index (χ1n) is 7.92. The van der Waals surface area contributed by atoms with Gasteiger partial charge in [-0.15, -0.1) is 0 Å². The number of fused-ring (bicyclic) bond motifs is 1. The Bertz CT molecular complexity index is 824. The Labute approximate surface area is 141 Å². The van der Waals surface area contributed by atoms with Crippen LogP contribution in [0.4, 0.5) is 0 Å². The smallest absolute Gasteiger partial charge is 0.258 e. The van der Waals surface area contributed by atoms with Crippen molar-refractivity contribution in [2.45, 2.75) is 33.4 Å². The van der Waals surface area contributed by atoms with Crippen molar-refractivity contribution in [2.75, 3.05) is 21.3 Å². The van der Waals surface area contributed by atoms with E-state index in [0.717, 1.165) is 0 Å². The molecule has 0 N–H and O–H groups in total. The lowest BCUT2D eigenvalue weighted by Crippen LogP contribution is -2.34. The Kier molecular flexibility index (Phi) is 5.17. The first kappa shape index (κ1) is 17.8. The van der Waals surface area contributed by atoms with Gasteiger partial charge in [-0.2, -0.15) is 0 Å². The summed E-state index contributed by atoms with van der Waals surface area (Å²) in [4.78, 5) is 27.2. The lowest BCUT2D eigenvalue weighted by atomic mass is 10.0. The molecule has 0 aliphatic rings. The SMILES string of the molecule is CCn1cc(C(=O)N(C)C(C)C)c2cc(OC)c(OC)cc2c1=O. The van der Waals surface area contributed by atoms with Crippen LogP contribution in [0.25, 0.3) is 10.8 Å². The Morgan fingerprint density at radius 2 is 1.71 bits per heavy atom. The van der Waals surface area contributed by atoms with Crippen molar-refractivity contribution >= 4 is 16.7 Å². The molecule has 6 heteroatoms. The summed E-state index contributed by atoms with van der Waals surface area (Å²) in [5.74, 6) is 0.816. The van der Waals surface area contributed by atoms with E-state index in [1.165, 1.54) is 18.8 Å². The second kappa shape index (κ2) is 6.95. The fraction of sp³-hybridized carbons (Fsp3) is 0.444. The minimum absolute atomic E-state index is 0.0506. The molecular formula is C18H24N2O4. The summed E-state index contributed by atoms with van der Waals surface area (Å²) < 4.78 is 12.2. The number of hydrogen-bond donors (Lipinski definition) is 0. The zero-order valence-corrected chi connectivity index (χ0v) is 15.0. The van der Waals surface area contributed by atoms with Crippen molar-refractivity contribution in [3.63, 3.8) is 0 Å². The largest absolute Gasteiger partial charge is 0.493 e. The van der Waals surface area contributed by atoms with Gasteiger partial charge in [-0.1, -0.05) is 0 Å². The summed E-state index contributed by atoms with van der Waals surface area (Å²) in [5, 5.41) is 1.01. The van der Waals surface area contributed by atoms with E-state index in [0.29, 0.717) is 34.4 Å². The molecule has 1 aromatic carbocycles. The van der Waals surface area contributed by atoms with Crippen LogP contribution in [-0.4, -0.2) is 42.7 Å². The van der Waals surface area contributed by atoms with Crippen LogP contribution in [0.2, 0.25) is 0 Å². The lowest BCUT2D eigenvalue weighted by Gasteiger charge is -2.23. The maximum atomic E-state index is 12.9. The minimum Gasteiger partial charge on any atom is -0.493 e. The van der Waals surface area contributed by atoms with E-state index < -0.39 is 0 Å². The number of carbonyl (C=O) groups excluding carboxylic acids is 1. The summed E-state index contributed by atoms with van der Waals surface area (Å²) in [6.45, 7) is 6.24. The highest BCUT2D eigenvalue weighted by atomic mass is 16.5. The number of methoxy groups -OCH3 is 2. The Hall–Kier alpha value is -2.50. The minimum atomic E-state index is -0.155. The van der Waals surface area contributed by atoms with E-state index in [-0.39, 0.29) is 17.5 Å². The highest BCUT2D eigenvalue weighted by Gasteiger charge is 2.21. The molecule has 0 fully saturated rings. The third kappa shape index (κ3) is 2.96. The van der Waals surface area contributed by atoms with Crippen LogP contribution < -0.4 is 15.0 Å². The maximum Gasteiger partial charge on any atom is 0.258 e. The molecule has 2 aromatic rings. The number of amides is 1. The number of aromatic nitrogens is 1. The van der Waals surface area contributed by atoms with Crippen molar-refractivity contribution in [2.24, 2.45) is 0 Å². The van der Waals surface area contributed by atoms with Gasteiger partial charge in [0.25, 0.3) is 11.5 Å². The second-order valence-corrected chi connectivity index (χ2v) is 5.90. The van der Waals surface area contributed by atoms with Gasteiger partial charge < -0.3 is 18.9 Å².